The number of hydrogen-bond acceptors (Lipinski definition) is 4. The van der Waals surface area contributed by atoms with Crippen LogP contribution in [0.25, 0.3) is 0 Å². The van der Waals surface area contributed by atoms with Gasteiger partial charge < -0.3 is 0 Å². The van der Waals surface area contributed by atoms with E-state index in [1.807, 2.05) is 0 Å². The molecule has 0 saturated carbocycles. The average Bonchev–Trinajstić information content (AvgIpc) is 2.26. The number of nitro benzene ring substituents is 2. The smallest absolute Gasteiger partial charge is 0.258 e. The molecule has 0 atom stereocenters. The maximum atomic E-state index is 14.0. The molecule has 0 heterocycles. The van der Waals surface area contributed by atoms with Gasteiger partial charge in [-0.15, -0.1) is 0 Å². The van der Waals surface area contributed by atoms with Gasteiger partial charge in [-0.25, -0.2) is 0 Å². The number of nitrogens with zero attached hydrogens (tertiary/aromatic N) is 2. The van der Waals surface area contributed by atoms with E-state index in [0.29, 0.717) is 5.56 Å². The molecule has 7 heteroatoms. The standard InChI is InChI=1S/C12H15FN2O4/c1-6(2)8-5-9(14(16)17)11(13)12(15(18)19)10(8)7(3)4/h5-7H,1-4H3. The van der Waals surface area contributed by atoms with Gasteiger partial charge in [-0.05, 0) is 17.4 Å². The van der Waals surface area contributed by atoms with Crippen molar-refractivity contribution >= 4 is 11.4 Å². The van der Waals surface area contributed by atoms with Crippen molar-refractivity contribution in [3.8, 4) is 0 Å². The van der Waals surface area contributed by atoms with Crippen molar-refractivity contribution in [2.24, 2.45) is 0 Å². The molecule has 0 unspecified atom stereocenters. The van der Waals surface area contributed by atoms with Gasteiger partial charge in [0.25, 0.3) is 5.82 Å². The summed E-state index contributed by atoms with van der Waals surface area (Å²) in [6.07, 6.45) is 0. The highest BCUT2D eigenvalue weighted by atomic mass is 19.1. The molecular weight excluding hydrogens is 255 g/mol. The molecule has 6 nitrogen and oxygen atoms in total. The lowest BCUT2D eigenvalue weighted by molar-refractivity contribution is -0.399. The van der Waals surface area contributed by atoms with Crippen LogP contribution in [0, 0.1) is 26.0 Å². The second-order valence-corrected chi connectivity index (χ2v) is 4.88. The molecule has 104 valence electrons. The zero-order valence-electron chi connectivity index (χ0n) is 11.1. The van der Waals surface area contributed by atoms with Gasteiger partial charge in [0.05, 0.1) is 9.85 Å². The van der Waals surface area contributed by atoms with E-state index in [9.17, 15) is 24.6 Å². The zero-order chi connectivity index (χ0) is 14.9. The molecule has 0 aliphatic heterocycles. The molecule has 0 amide bonds. The first-order valence-electron chi connectivity index (χ1n) is 5.83. The zero-order valence-corrected chi connectivity index (χ0v) is 11.1. The molecule has 0 aromatic heterocycles. The number of rotatable bonds is 4. The number of hydrogen-bond donors (Lipinski definition) is 0. The minimum Gasteiger partial charge on any atom is -0.258 e. The third-order valence-electron chi connectivity index (χ3n) is 2.87. The van der Waals surface area contributed by atoms with E-state index in [-0.39, 0.29) is 17.4 Å². The summed E-state index contributed by atoms with van der Waals surface area (Å²) in [5, 5.41) is 21.8. The van der Waals surface area contributed by atoms with Crippen LogP contribution in [0.3, 0.4) is 0 Å². The minimum atomic E-state index is -1.37. The monoisotopic (exact) mass is 270 g/mol. The summed E-state index contributed by atoms with van der Waals surface area (Å²) >= 11 is 0. The molecule has 1 aromatic carbocycles. The van der Waals surface area contributed by atoms with E-state index in [0.717, 1.165) is 6.07 Å². The second kappa shape index (κ2) is 5.29. The van der Waals surface area contributed by atoms with Crippen LogP contribution in [0.1, 0.15) is 50.7 Å². The van der Waals surface area contributed by atoms with Crippen LogP contribution in [0.4, 0.5) is 15.8 Å². The molecule has 0 bridgehead atoms. The highest BCUT2D eigenvalue weighted by Crippen LogP contribution is 2.40. The highest BCUT2D eigenvalue weighted by Gasteiger charge is 2.34. The van der Waals surface area contributed by atoms with E-state index < -0.39 is 27.0 Å². The summed E-state index contributed by atoms with van der Waals surface area (Å²) < 4.78 is 14.0. The van der Waals surface area contributed by atoms with Crippen molar-refractivity contribution in [2.45, 2.75) is 39.5 Å². The van der Waals surface area contributed by atoms with Crippen LogP contribution < -0.4 is 0 Å². The summed E-state index contributed by atoms with van der Waals surface area (Å²) in [5.74, 6) is -1.84. The summed E-state index contributed by atoms with van der Waals surface area (Å²) in [5.41, 5.74) is -0.967. The van der Waals surface area contributed by atoms with Crippen LogP contribution in [-0.4, -0.2) is 9.85 Å². The van der Waals surface area contributed by atoms with Gasteiger partial charge in [0.2, 0.25) is 0 Å². The lowest BCUT2D eigenvalue weighted by Crippen LogP contribution is -2.09. The van der Waals surface area contributed by atoms with E-state index in [4.69, 9.17) is 0 Å². The normalized spacial score (nSPS) is 11.1. The van der Waals surface area contributed by atoms with Crippen LogP contribution in [0.2, 0.25) is 0 Å². The third kappa shape index (κ3) is 2.69. The topological polar surface area (TPSA) is 86.3 Å². The average molecular weight is 270 g/mol. The molecule has 0 aliphatic rings. The van der Waals surface area contributed by atoms with Gasteiger partial charge in [-0.3, -0.25) is 20.2 Å². The Balaban J connectivity index is 3.83. The molecule has 19 heavy (non-hydrogen) atoms. The summed E-state index contributed by atoms with van der Waals surface area (Å²) in [6, 6.07) is 1.10. The first kappa shape index (κ1) is 15.0. The van der Waals surface area contributed by atoms with Gasteiger partial charge in [0, 0.05) is 11.6 Å². The Morgan fingerprint density at radius 2 is 1.58 bits per heavy atom. The van der Waals surface area contributed by atoms with Crippen LogP contribution in [-0.2, 0) is 0 Å². The minimum absolute atomic E-state index is 0.171. The number of nitro groups is 2. The molecule has 0 aliphatic carbocycles. The fraction of sp³-hybridized carbons (Fsp3) is 0.500. The lowest BCUT2D eigenvalue weighted by Gasteiger charge is -2.16. The Morgan fingerprint density at radius 3 is 1.89 bits per heavy atom. The van der Waals surface area contributed by atoms with E-state index in [1.165, 1.54) is 0 Å². The summed E-state index contributed by atoms with van der Waals surface area (Å²) in [4.78, 5) is 20.0. The second-order valence-electron chi connectivity index (χ2n) is 4.88. The van der Waals surface area contributed by atoms with Crippen molar-refractivity contribution < 1.29 is 14.2 Å². The Hall–Kier alpha value is -2.05. The van der Waals surface area contributed by atoms with Crippen LogP contribution in [0.5, 0.6) is 0 Å². The molecule has 0 radical (unpaired) electrons. The maximum absolute atomic E-state index is 14.0. The van der Waals surface area contributed by atoms with Crippen molar-refractivity contribution in [1.82, 2.24) is 0 Å². The van der Waals surface area contributed by atoms with Gasteiger partial charge >= 0.3 is 11.4 Å². The largest absolute Gasteiger partial charge is 0.315 e. The van der Waals surface area contributed by atoms with Crippen molar-refractivity contribution in [3.05, 3.63) is 43.2 Å². The predicted molar refractivity (Wildman–Crippen MR) is 67.9 cm³/mol. The van der Waals surface area contributed by atoms with Gasteiger partial charge in [-0.2, -0.15) is 4.39 Å². The molecule has 0 spiro atoms. The Morgan fingerprint density at radius 1 is 1.05 bits per heavy atom. The molecule has 0 N–H and O–H groups in total. The molecule has 0 fully saturated rings. The SMILES string of the molecule is CC(C)c1cc([N+](=O)[O-])c(F)c([N+](=O)[O-])c1C(C)C. The molecule has 0 saturated heterocycles. The Kier molecular flexibility index (Phi) is 4.18. The molecular formula is C12H15FN2O4. The molecule has 1 aromatic rings. The fourth-order valence-electron chi connectivity index (χ4n) is 2.06. The molecule has 1 rings (SSSR count). The van der Waals surface area contributed by atoms with Gasteiger partial charge in [0.1, 0.15) is 0 Å². The summed E-state index contributed by atoms with van der Waals surface area (Å²) in [7, 11) is 0. The number of benzene rings is 1. The first-order chi connectivity index (χ1) is 8.68. The Labute approximate surface area is 109 Å². The van der Waals surface area contributed by atoms with E-state index >= 15 is 0 Å². The van der Waals surface area contributed by atoms with Gasteiger partial charge in [0.15, 0.2) is 0 Å². The van der Waals surface area contributed by atoms with Gasteiger partial charge in [-0.1, -0.05) is 27.7 Å². The van der Waals surface area contributed by atoms with Crippen molar-refractivity contribution in [3.63, 3.8) is 0 Å². The van der Waals surface area contributed by atoms with E-state index in [1.54, 1.807) is 27.7 Å². The van der Waals surface area contributed by atoms with Crippen molar-refractivity contribution in [1.29, 1.82) is 0 Å². The lowest BCUT2D eigenvalue weighted by atomic mass is 9.88. The maximum Gasteiger partial charge on any atom is 0.315 e. The third-order valence-corrected chi connectivity index (χ3v) is 2.87. The van der Waals surface area contributed by atoms with Crippen LogP contribution >= 0.6 is 0 Å². The Bertz CT molecular complexity index is 541. The van der Waals surface area contributed by atoms with Crippen LogP contribution in [0.15, 0.2) is 6.07 Å². The quantitative estimate of drug-likeness (QED) is 0.613. The summed E-state index contributed by atoms with van der Waals surface area (Å²) in [6.45, 7) is 6.90. The first-order valence-corrected chi connectivity index (χ1v) is 5.83. The highest BCUT2D eigenvalue weighted by molar-refractivity contribution is 5.57. The fourth-order valence-corrected chi connectivity index (χ4v) is 2.06. The van der Waals surface area contributed by atoms with Crippen molar-refractivity contribution in [2.75, 3.05) is 0 Å². The van der Waals surface area contributed by atoms with E-state index in [2.05, 4.69) is 0 Å². The number of halogens is 1. The predicted octanol–water partition coefficient (Wildman–Crippen LogP) is 3.89.